The molecule has 0 saturated carbocycles. The van der Waals surface area contributed by atoms with Crippen LogP contribution in [-0.4, -0.2) is 19.3 Å². The van der Waals surface area contributed by atoms with Gasteiger partial charge < -0.3 is 4.74 Å². The number of pyridine rings is 1. The number of unbranched alkanes of at least 4 members (excludes halogenated alkanes) is 2. The van der Waals surface area contributed by atoms with E-state index >= 15 is 0 Å². The topological polar surface area (TPSA) is 44.9 Å². The molecule has 0 fully saturated rings. The largest absolute Gasteiger partial charge is 0.457 e. The van der Waals surface area contributed by atoms with Gasteiger partial charge >= 0.3 is 0 Å². The summed E-state index contributed by atoms with van der Waals surface area (Å²) >= 11 is 0. The molecule has 7 rings (SSSR count). The Morgan fingerprint density at radius 2 is 1.57 bits per heavy atom. The lowest BCUT2D eigenvalue weighted by atomic mass is 9.72. The molecule has 0 aliphatic heterocycles. The lowest BCUT2D eigenvalue weighted by Crippen LogP contribution is -2.21. The number of rotatable bonds is 11. The number of hydrogen-bond donors (Lipinski definition) is 0. The summed E-state index contributed by atoms with van der Waals surface area (Å²) in [5.74, 6) is 4.15. The minimum atomic E-state index is -0.0824. The number of hydrogen-bond acceptors (Lipinski definition) is 3. The number of benzene rings is 3. The maximum Gasteiger partial charge on any atom is 0.137 e. The lowest BCUT2D eigenvalue weighted by molar-refractivity contribution is 0.389. The summed E-state index contributed by atoms with van der Waals surface area (Å²) in [5.41, 5.74) is 11.2. The molecule has 6 aromatic rings. The molecule has 3 heterocycles. The Morgan fingerprint density at radius 3 is 2.32 bits per heavy atom. The summed E-state index contributed by atoms with van der Waals surface area (Å²) in [4.78, 5) is 4.88. The van der Waals surface area contributed by atoms with E-state index in [9.17, 15) is 0 Å². The van der Waals surface area contributed by atoms with Crippen molar-refractivity contribution in [3.05, 3.63) is 119 Å². The zero-order valence-electron chi connectivity index (χ0n) is 33.5. The predicted octanol–water partition coefficient (Wildman–Crippen LogP) is 13.2. The number of para-hydroxylation sites is 1. The monoisotopic (exact) mass is 706 g/mol. The number of fused-ring (bicyclic) bond motifs is 3. The van der Waals surface area contributed by atoms with Gasteiger partial charge in [0, 0.05) is 46.3 Å². The van der Waals surface area contributed by atoms with Crippen molar-refractivity contribution in [1.82, 2.24) is 19.3 Å². The van der Waals surface area contributed by atoms with Crippen molar-refractivity contribution in [3.8, 4) is 23.0 Å². The summed E-state index contributed by atoms with van der Waals surface area (Å²) in [6.07, 6.45) is 12.3. The number of allylic oxidation sites excluding steroid dienone is 2. The van der Waals surface area contributed by atoms with Crippen LogP contribution in [0.2, 0.25) is 0 Å². The van der Waals surface area contributed by atoms with E-state index in [0.29, 0.717) is 17.8 Å². The highest BCUT2D eigenvalue weighted by molar-refractivity contribution is 6.09. The fourth-order valence-corrected chi connectivity index (χ4v) is 8.81. The fraction of sp³-hybridized carbons (Fsp3) is 0.417. The van der Waals surface area contributed by atoms with Gasteiger partial charge in [-0.25, -0.2) is 9.67 Å². The minimum Gasteiger partial charge on any atom is -0.457 e. The molecule has 0 spiro atoms. The first-order chi connectivity index (χ1) is 25.5. The van der Waals surface area contributed by atoms with Crippen LogP contribution in [0.1, 0.15) is 121 Å². The number of ether oxygens (including phenoxy) is 1. The second-order valence-electron chi connectivity index (χ2n) is 16.8. The molecule has 1 aliphatic carbocycles. The van der Waals surface area contributed by atoms with Crippen LogP contribution in [0.3, 0.4) is 0 Å². The Balaban J connectivity index is 1.34. The number of nitrogens with zero attached hydrogens (tertiary/aromatic N) is 4. The van der Waals surface area contributed by atoms with Crippen LogP contribution in [0.15, 0.2) is 90.6 Å². The average molecular weight is 707 g/mol. The normalized spacial score (nSPS) is 17.8. The van der Waals surface area contributed by atoms with Gasteiger partial charge in [-0.1, -0.05) is 91.2 Å². The predicted molar refractivity (Wildman–Crippen MR) is 222 cm³/mol. The third-order valence-corrected chi connectivity index (χ3v) is 11.4. The summed E-state index contributed by atoms with van der Waals surface area (Å²) in [5, 5.41) is 7.73. The summed E-state index contributed by atoms with van der Waals surface area (Å²) < 4.78 is 11.4. The SMILES string of the molecule is CCCCc1ccnc(-n2c3ccccc3c3ccc(Oc4cc(-n5nc(C)c([C@H]6C(C)=C[C@H](C)C[C@@H]6C)c5CCCC)cc(C(C)(C)C)c4)cc32)c1. The van der Waals surface area contributed by atoms with Gasteiger partial charge in [-0.15, -0.1) is 0 Å². The second-order valence-corrected chi connectivity index (χ2v) is 16.8. The van der Waals surface area contributed by atoms with Crippen molar-refractivity contribution in [1.29, 1.82) is 0 Å². The summed E-state index contributed by atoms with van der Waals surface area (Å²) in [6, 6.07) is 26.2. The zero-order chi connectivity index (χ0) is 37.4. The third kappa shape index (κ3) is 7.32. The van der Waals surface area contributed by atoms with E-state index in [4.69, 9.17) is 14.8 Å². The van der Waals surface area contributed by atoms with Crippen LogP contribution in [0.4, 0.5) is 0 Å². The first kappa shape index (κ1) is 36.7. The zero-order valence-corrected chi connectivity index (χ0v) is 33.5. The molecule has 3 aromatic heterocycles. The number of aromatic nitrogens is 4. The van der Waals surface area contributed by atoms with Gasteiger partial charge in [-0.05, 0) is 117 Å². The molecule has 53 heavy (non-hydrogen) atoms. The Hall–Kier alpha value is -4.64. The Bertz CT molecular complexity index is 2280. The molecule has 5 nitrogen and oxygen atoms in total. The van der Waals surface area contributed by atoms with Crippen LogP contribution in [0.25, 0.3) is 33.3 Å². The molecular weight excluding hydrogens is 649 g/mol. The highest BCUT2D eigenvalue weighted by Gasteiger charge is 2.32. The molecule has 276 valence electrons. The lowest BCUT2D eigenvalue weighted by Gasteiger charge is -2.32. The maximum atomic E-state index is 6.88. The average Bonchev–Trinajstić information content (AvgIpc) is 3.62. The van der Waals surface area contributed by atoms with E-state index in [-0.39, 0.29) is 5.41 Å². The second kappa shape index (κ2) is 15.0. The first-order valence-corrected chi connectivity index (χ1v) is 20.1. The van der Waals surface area contributed by atoms with Crippen LogP contribution in [0.5, 0.6) is 11.5 Å². The van der Waals surface area contributed by atoms with E-state index in [1.54, 1.807) is 0 Å². The van der Waals surface area contributed by atoms with Crippen LogP contribution >= 0.6 is 0 Å². The van der Waals surface area contributed by atoms with E-state index < -0.39 is 0 Å². The first-order valence-electron chi connectivity index (χ1n) is 20.1. The molecule has 0 saturated heterocycles. The molecule has 0 N–H and O–H groups in total. The molecule has 3 aromatic carbocycles. The van der Waals surface area contributed by atoms with Gasteiger partial charge in [0.05, 0.1) is 22.4 Å². The van der Waals surface area contributed by atoms with Crippen molar-refractivity contribution in [2.75, 3.05) is 0 Å². The Labute approximate surface area is 317 Å². The van der Waals surface area contributed by atoms with Crippen molar-refractivity contribution in [2.45, 2.75) is 119 Å². The molecule has 0 radical (unpaired) electrons. The molecule has 5 heteroatoms. The number of aryl methyl sites for hydroxylation is 2. The Morgan fingerprint density at radius 1 is 0.811 bits per heavy atom. The Kier molecular flexibility index (Phi) is 10.4. The third-order valence-electron chi connectivity index (χ3n) is 11.4. The van der Waals surface area contributed by atoms with Gasteiger partial charge in [0.25, 0.3) is 0 Å². The highest BCUT2D eigenvalue weighted by Crippen LogP contribution is 2.44. The standard InChI is InChI=1S/C48H58N4O/c1-10-12-16-35-22-23-49-45(26-35)51-42-19-15-14-17-40(42)41-21-20-38(30-44(41)51)53-39-28-36(48(7,8)9)27-37(29-39)52-43(18-13-11-2)47(34(6)50-52)46-32(4)24-31(3)25-33(46)5/h14-15,17,19-24,26-31,33,46H,10-13,16,18,25H2,1-9H3/t31-,33-,46-/m0/s1. The van der Waals surface area contributed by atoms with Crippen molar-refractivity contribution < 1.29 is 4.74 Å². The minimum absolute atomic E-state index is 0.0824. The highest BCUT2D eigenvalue weighted by atomic mass is 16.5. The molecule has 0 unspecified atom stereocenters. The van der Waals surface area contributed by atoms with E-state index in [2.05, 4.69) is 150 Å². The molecular formula is C48H58N4O. The molecule has 0 amide bonds. The quantitative estimate of drug-likeness (QED) is 0.126. The summed E-state index contributed by atoms with van der Waals surface area (Å²) in [6.45, 7) is 20.7. The van der Waals surface area contributed by atoms with Gasteiger partial charge in [0.2, 0.25) is 0 Å². The molecule has 1 aliphatic rings. The van der Waals surface area contributed by atoms with E-state index in [1.807, 2.05) is 6.20 Å². The fourth-order valence-electron chi connectivity index (χ4n) is 8.81. The molecule has 0 bridgehead atoms. The van der Waals surface area contributed by atoms with Crippen LogP contribution in [0, 0.1) is 18.8 Å². The van der Waals surface area contributed by atoms with Gasteiger partial charge in [0.1, 0.15) is 17.3 Å². The van der Waals surface area contributed by atoms with E-state index in [0.717, 1.165) is 65.4 Å². The smallest absolute Gasteiger partial charge is 0.137 e. The van der Waals surface area contributed by atoms with Crippen molar-refractivity contribution in [3.63, 3.8) is 0 Å². The van der Waals surface area contributed by atoms with Crippen LogP contribution < -0.4 is 4.74 Å². The van der Waals surface area contributed by atoms with Gasteiger partial charge in [-0.2, -0.15) is 5.10 Å². The van der Waals surface area contributed by atoms with Crippen molar-refractivity contribution in [2.24, 2.45) is 11.8 Å². The molecule has 3 atom stereocenters. The van der Waals surface area contributed by atoms with E-state index in [1.165, 1.54) is 58.0 Å². The van der Waals surface area contributed by atoms with Gasteiger partial charge in [-0.3, -0.25) is 4.57 Å². The van der Waals surface area contributed by atoms with Crippen molar-refractivity contribution >= 4 is 21.8 Å². The van der Waals surface area contributed by atoms with Gasteiger partial charge in [0.15, 0.2) is 0 Å². The maximum absolute atomic E-state index is 6.88. The van der Waals surface area contributed by atoms with Crippen LogP contribution in [-0.2, 0) is 18.3 Å². The summed E-state index contributed by atoms with van der Waals surface area (Å²) in [7, 11) is 0.